The number of aromatic nitrogens is 2. The summed E-state index contributed by atoms with van der Waals surface area (Å²) in [6.07, 6.45) is 0. The molecule has 0 aliphatic heterocycles. The van der Waals surface area contributed by atoms with E-state index < -0.39 is 11.8 Å². The smallest absolute Gasteiger partial charge is 0.257 e. The third kappa shape index (κ3) is 5.90. The van der Waals surface area contributed by atoms with Crippen molar-refractivity contribution >= 4 is 34.6 Å². The van der Waals surface area contributed by atoms with Crippen LogP contribution in [0.4, 0.5) is 5.95 Å². The predicted molar refractivity (Wildman–Crippen MR) is 140 cm³/mol. The quantitative estimate of drug-likeness (QED) is 0.315. The molecule has 0 saturated carbocycles. The molecule has 0 radical (unpaired) electrons. The fourth-order valence-electron chi connectivity index (χ4n) is 3.51. The van der Waals surface area contributed by atoms with Gasteiger partial charge in [-0.25, -0.2) is 9.97 Å². The Kier molecular flexibility index (Phi) is 7.34. The van der Waals surface area contributed by atoms with Gasteiger partial charge in [0.2, 0.25) is 5.96 Å². The minimum atomic E-state index is -0.420. The first-order chi connectivity index (χ1) is 17.3. The monoisotopic (exact) mass is 481 g/mol. The number of hydrogen-bond acceptors (Lipinski definition) is 6. The van der Waals surface area contributed by atoms with Gasteiger partial charge in [-0.1, -0.05) is 35.4 Å². The van der Waals surface area contributed by atoms with Crippen LogP contribution < -0.4 is 15.4 Å². The molecule has 1 heterocycles. The molecular weight excluding hydrogens is 454 g/mol. The zero-order valence-electron chi connectivity index (χ0n) is 20.6. The highest BCUT2D eigenvalue weighted by atomic mass is 16.5. The summed E-state index contributed by atoms with van der Waals surface area (Å²) in [6.45, 7) is 8.19. The van der Waals surface area contributed by atoms with Crippen LogP contribution in [0.5, 0.6) is 5.75 Å². The summed E-state index contributed by atoms with van der Waals surface area (Å²) in [5.74, 6) is -0.0820. The van der Waals surface area contributed by atoms with Gasteiger partial charge in [0.1, 0.15) is 5.75 Å². The number of nitrogens with zero attached hydrogens (tertiary/aromatic N) is 3. The lowest BCUT2D eigenvalue weighted by atomic mass is 10.1. The van der Waals surface area contributed by atoms with Crippen molar-refractivity contribution in [2.75, 3.05) is 6.61 Å². The van der Waals surface area contributed by atoms with Gasteiger partial charge in [-0.2, -0.15) is 4.99 Å². The fraction of sp³-hybridized carbons (Fsp3) is 0.179. The average Bonchev–Trinajstić information content (AvgIpc) is 2.85. The molecule has 1 aromatic heterocycles. The second-order valence-electron chi connectivity index (χ2n) is 8.32. The number of fused-ring (bicyclic) bond motifs is 1. The first kappa shape index (κ1) is 24.5. The van der Waals surface area contributed by atoms with Crippen molar-refractivity contribution in [2.24, 2.45) is 4.99 Å². The van der Waals surface area contributed by atoms with Gasteiger partial charge in [0.15, 0.2) is 0 Å². The number of guanidine groups is 1. The summed E-state index contributed by atoms with van der Waals surface area (Å²) in [5, 5.41) is 6.20. The van der Waals surface area contributed by atoms with Crippen molar-refractivity contribution in [3.05, 3.63) is 94.7 Å². The molecule has 0 saturated heterocycles. The number of hydrogen-bond donors (Lipinski definition) is 2. The Morgan fingerprint density at radius 2 is 1.36 bits per heavy atom. The summed E-state index contributed by atoms with van der Waals surface area (Å²) in [7, 11) is 0. The SMILES string of the molecule is CCOc1ccc2nc(N=C(NC(=O)c3ccc(C)cc3)NC(=O)c3ccc(C)cc3)nc(C)c2c1. The van der Waals surface area contributed by atoms with Gasteiger partial charge in [0.25, 0.3) is 17.8 Å². The number of amides is 2. The molecule has 0 aliphatic rings. The summed E-state index contributed by atoms with van der Waals surface area (Å²) in [5.41, 5.74) is 4.27. The van der Waals surface area contributed by atoms with Crippen molar-refractivity contribution in [1.29, 1.82) is 0 Å². The van der Waals surface area contributed by atoms with Gasteiger partial charge < -0.3 is 4.74 Å². The maximum absolute atomic E-state index is 12.9. The number of aryl methyl sites for hydroxylation is 3. The zero-order chi connectivity index (χ0) is 25.7. The third-order valence-corrected chi connectivity index (χ3v) is 5.46. The highest BCUT2D eigenvalue weighted by Gasteiger charge is 2.15. The lowest BCUT2D eigenvalue weighted by Gasteiger charge is -2.12. The second kappa shape index (κ2) is 10.8. The maximum Gasteiger partial charge on any atom is 0.257 e. The van der Waals surface area contributed by atoms with Gasteiger partial charge in [0.05, 0.1) is 17.8 Å². The van der Waals surface area contributed by atoms with Gasteiger partial charge in [-0.3, -0.25) is 20.2 Å². The van der Waals surface area contributed by atoms with Crippen LogP contribution in [0.1, 0.15) is 44.5 Å². The minimum Gasteiger partial charge on any atom is -0.494 e. The Morgan fingerprint density at radius 1 is 0.806 bits per heavy atom. The van der Waals surface area contributed by atoms with E-state index in [0.29, 0.717) is 28.9 Å². The van der Waals surface area contributed by atoms with Crippen molar-refractivity contribution in [1.82, 2.24) is 20.6 Å². The summed E-state index contributed by atoms with van der Waals surface area (Å²) in [6, 6.07) is 19.7. The number of ether oxygens (including phenoxy) is 1. The van der Waals surface area contributed by atoms with E-state index in [1.54, 1.807) is 24.3 Å². The molecule has 0 aliphatic carbocycles. The Labute approximate surface area is 209 Å². The Balaban J connectivity index is 1.68. The number of aliphatic imine (C=N–C) groups is 1. The van der Waals surface area contributed by atoms with Crippen molar-refractivity contribution in [3.8, 4) is 5.75 Å². The summed E-state index contributed by atoms with van der Waals surface area (Å²) < 4.78 is 5.57. The molecule has 2 amide bonds. The largest absolute Gasteiger partial charge is 0.494 e. The molecule has 2 N–H and O–H groups in total. The van der Waals surface area contributed by atoms with Crippen LogP contribution in [0.3, 0.4) is 0 Å². The number of benzene rings is 3. The van der Waals surface area contributed by atoms with E-state index in [9.17, 15) is 9.59 Å². The van der Waals surface area contributed by atoms with E-state index in [2.05, 4.69) is 25.6 Å². The Morgan fingerprint density at radius 3 is 1.89 bits per heavy atom. The summed E-state index contributed by atoms with van der Waals surface area (Å²) >= 11 is 0. The molecule has 0 fully saturated rings. The summed E-state index contributed by atoms with van der Waals surface area (Å²) in [4.78, 5) is 39.2. The van der Waals surface area contributed by atoms with Crippen molar-refractivity contribution in [2.45, 2.75) is 27.7 Å². The van der Waals surface area contributed by atoms with E-state index in [-0.39, 0.29) is 11.9 Å². The molecule has 0 unspecified atom stereocenters. The maximum atomic E-state index is 12.9. The average molecular weight is 482 g/mol. The third-order valence-electron chi connectivity index (χ3n) is 5.46. The lowest BCUT2D eigenvalue weighted by Crippen LogP contribution is -2.43. The standard InChI is InChI=1S/C28H27N5O3/c1-5-36-22-14-15-24-23(16-22)19(4)29-27(30-24)33-28(31-25(34)20-10-6-17(2)7-11-20)32-26(35)21-12-8-18(3)9-13-21/h6-16H,5H2,1-4H3,(H2,29,30,31,32,33,34,35). The van der Waals surface area contributed by atoms with E-state index in [1.165, 1.54) is 0 Å². The second-order valence-corrected chi connectivity index (χ2v) is 8.32. The van der Waals surface area contributed by atoms with E-state index in [4.69, 9.17) is 4.74 Å². The van der Waals surface area contributed by atoms with Crippen LogP contribution in [0.15, 0.2) is 71.7 Å². The number of carbonyl (C=O) groups excluding carboxylic acids is 2. The molecule has 8 heteroatoms. The van der Waals surface area contributed by atoms with Crippen LogP contribution in [0.2, 0.25) is 0 Å². The van der Waals surface area contributed by atoms with Crippen LogP contribution in [0, 0.1) is 20.8 Å². The van der Waals surface area contributed by atoms with Crippen LogP contribution in [-0.2, 0) is 0 Å². The molecule has 4 rings (SSSR count). The minimum absolute atomic E-state index is 0.0733. The molecular formula is C28H27N5O3. The van der Waals surface area contributed by atoms with E-state index >= 15 is 0 Å². The molecule has 8 nitrogen and oxygen atoms in total. The molecule has 36 heavy (non-hydrogen) atoms. The van der Waals surface area contributed by atoms with Crippen molar-refractivity contribution in [3.63, 3.8) is 0 Å². The molecule has 0 bridgehead atoms. The van der Waals surface area contributed by atoms with Gasteiger partial charge in [0, 0.05) is 16.5 Å². The number of nitrogens with one attached hydrogen (secondary N) is 2. The Hall–Kier alpha value is -4.59. The fourth-order valence-corrected chi connectivity index (χ4v) is 3.51. The molecule has 4 aromatic rings. The van der Waals surface area contributed by atoms with Crippen LogP contribution in [-0.4, -0.2) is 34.3 Å². The molecule has 3 aromatic carbocycles. The van der Waals surface area contributed by atoms with Gasteiger partial charge in [-0.15, -0.1) is 0 Å². The van der Waals surface area contributed by atoms with Crippen LogP contribution >= 0.6 is 0 Å². The molecule has 182 valence electrons. The lowest BCUT2D eigenvalue weighted by molar-refractivity contribution is 0.0966. The zero-order valence-corrected chi connectivity index (χ0v) is 20.6. The van der Waals surface area contributed by atoms with E-state index in [1.807, 2.05) is 70.2 Å². The number of carbonyl (C=O) groups is 2. The first-order valence-corrected chi connectivity index (χ1v) is 11.6. The topological polar surface area (TPSA) is 106 Å². The van der Waals surface area contributed by atoms with Gasteiger partial charge >= 0.3 is 0 Å². The normalized spacial score (nSPS) is 10.6. The predicted octanol–water partition coefficient (Wildman–Crippen LogP) is 4.80. The van der Waals surface area contributed by atoms with Crippen LogP contribution in [0.25, 0.3) is 10.9 Å². The van der Waals surface area contributed by atoms with E-state index in [0.717, 1.165) is 22.3 Å². The Bertz CT molecular complexity index is 1380. The highest BCUT2D eigenvalue weighted by Crippen LogP contribution is 2.23. The molecule has 0 spiro atoms. The van der Waals surface area contributed by atoms with Crippen molar-refractivity contribution < 1.29 is 14.3 Å². The number of rotatable bonds is 5. The highest BCUT2D eigenvalue weighted by molar-refractivity contribution is 6.13. The first-order valence-electron chi connectivity index (χ1n) is 11.6. The molecule has 0 atom stereocenters. The van der Waals surface area contributed by atoms with Gasteiger partial charge in [-0.05, 0) is 70.2 Å².